The van der Waals surface area contributed by atoms with Crippen molar-refractivity contribution in [1.82, 2.24) is 9.97 Å². The van der Waals surface area contributed by atoms with Crippen molar-refractivity contribution >= 4 is 5.78 Å². The molecule has 0 saturated heterocycles. The van der Waals surface area contributed by atoms with Crippen molar-refractivity contribution in [3.8, 4) is 0 Å². The highest BCUT2D eigenvalue weighted by atomic mass is 16.1. The number of H-pyrrole nitrogens is 1. The van der Waals surface area contributed by atoms with Crippen molar-refractivity contribution < 1.29 is 4.79 Å². The number of carbonyl (C=O) groups excluding carboxylic acids is 1. The summed E-state index contributed by atoms with van der Waals surface area (Å²) < 4.78 is 0. The number of nitrogens with zero attached hydrogens (tertiary/aromatic N) is 1. The number of aromatic nitrogens is 2. The Balaban J connectivity index is 2.39. The van der Waals surface area contributed by atoms with Gasteiger partial charge in [-0.3, -0.25) is 14.6 Å². The Morgan fingerprint density at radius 3 is 2.61 bits per heavy atom. The van der Waals surface area contributed by atoms with Crippen molar-refractivity contribution in [2.75, 3.05) is 0 Å². The van der Waals surface area contributed by atoms with Crippen molar-refractivity contribution in [2.24, 2.45) is 0 Å². The maximum absolute atomic E-state index is 12.4. The summed E-state index contributed by atoms with van der Waals surface area (Å²) in [7, 11) is 0. The molecule has 1 N–H and O–H groups in total. The summed E-state index contributed by atoms with van der Waals surface area (Å²) in [5, 5.41) is 0. The van der Waals surface area contributed by atoms with Crippen molar-refractivity contribution in [3.05, 3.63) is 64.3 Å². The molecule has 2 aromatic rings. The monoisotopic (exact) mass is 242 g/mol. The van der Waals surface area contributed by atoms with Crippen LogP contribution in [0, 0.1) is 0 Å². The molecule has 0 aliphatic carbocycles. The summed E-state index contributed by atoms with van der Waals surface area (Å²) in [4.78, 5) is 30.0. The maximum atomic E-state index is 12.4. The van der Waals surface area contributed by atoms with E-state index < -0.39 is 5.41 Å². The second kappa shape index (κ2) is 4.56. The quantitative estimate of drug-likeness (QED) is 0.836. The van der Waals surface area contributed by atoms with Crippen LogP contribution in [0.25, 0.3) is 0 Å². The Kier molecular flexibility index (Phi) is 3.10. The first-order valence-electron chi connectivity index (χ1n) is 5.66. The minimum atomic E-state index is -0.674. The predicted octanol–water partition coefficient (Wildman–Crippen LogP) is 1.93. The highest BCUT2D eigenvalue weighted by Crippen LogP contribution is 2.26. The third-order valence-electron chi connectivity index (χ3n) is 3.00. The summed E-state index contributed by atoms with van der Waals surface area (Å²) in [6.45, 7) is 3.69. The van der Waals surface area contributed by atoms with E-state index in [0.717, 1.165) is 5.56 Å². The lowest BCUT2D eigenvalue weighted by Gasteiger charge is -2.23. The molecular weight excluding hydrogens is 228 g/mol. The van der Waals surface area contributed by atoms with Gasteiger partial charge in [0.15, 0.2) is 5.78 Å². The van der Waals surface area contributed by atoms with E-state index in [1.807, 2.05) is 19.9 Å². The molecule has 0 radical (unpaired) electrons. The first-order valence-corrected chi connectivity index (χ1v) is 5.66. The van der Waals surface area contributed by atoms with E-state index >= 15 is 0 Å². The summed E-state index contributed by atoms with van der Waals surface area (Å²) in [5.41, 5.74) is 0.447. The first-order chi connectivity index (χ1) is 8.51. The second-order valence-electron chi connectivity index (χ2n) is 4.64. The molecule has 0 unspecified atom stereocenters. The molecule has 2 heterocycles. The predicted molar refractivity (Wildman–Crippen MR) is 68.7 cm³/mol. The van der Waals surface area contributed by atoms with Gasteiger partial charge >= 0.3 is 0 Å². The number of pyridine rings is 2. The lowest BCUT2D eigenvalue weighted by Crippen LogP contribution is -2.29. The summed E-state index contributed by atoms with van der Waals surface area (Å²) in [6, 6.07) is 6.57. The Morgan fingerprint density at radius 1 is 1.28 bits per heavy atom. The third kappa shape index (κ3) is 2.22. The molecule has 92 valence electrons. The molecule has 2 rings (SSSR count). The van der Waals surface area contributed by atoms with E-state index in [-0.39, 0.29) is 11.3 Å². The normalized spacial score (nSPS) is 11.2. The molecule has 0 aliphatic heterocycles. The van der Waals surface area contributed by atoms with Crippen molar-refractivity contribution in [2.45, 2.75) is 19.3 Å². The topological polar surface area (TPSA) is 62.8 Å². The molecule has 0 atom stereocenters. The SMILES string of the molecule is CC(C)(C(=O)c1ccc(=O)[nH]c1)c1cccnc1. The second-order valence-corrected chi connectivity index (χ2v) is 4.64. The van der Waals surface area contributed by atoms with Gasteiger partial charge in [-0.15, -0.1) is 0 Å². The van der Waals surface area contributed by atoms with Gasteiger partial charge in [-0.1, -0.05) is 6.07 Å². The fourth-order valence-electron chi connectivity index (χ4n) is 1.78. The lowest BCUT2D eigenvalue weighted by molar-refractivity contribution is 0.0908. The summed E-state index contributed by atoms with van der Waals surface area (Å²) >= 11 is 0. The van der Waals surface area contributed by atoms with Crippen LogP contribution >= 0.6 is 0 Å². The van der Waals surface area contributed by atoms with Gasteiger partial charge in [0.1, 0.15) is 0 Å². The highest BCUT2D eigenvalue weighted by Gasteiger charge is 2.30. The van der Waals surface area contributed by atoms with Gasteiger partial charge in [0.2, 0.25) is 5.56 Å². The Bertz CT molecular complexity index is 595. The molecule has 4 nitrogen and oxygen atoms in total. The molecule has 0 fully saturated rings. The maximum Gasteiger partial charge on any atom is 0.247 e. The Morgan fingerprint density at radius 2 is 2.06 bits per heavy atom. The van der Waals surface area contributed by atoms with Crippen LogP contribution in [0.3, 0.4) is 0 Å². The zero-order valence-electron chi connectivity index (χ0n) is 10.3. The standard InChI is InChI=1S/C14H14N2O2/c1-14(2,11-4-3-7-15-9-11)13(18)10-5-6-12(17)16-8-10/h3-9H,1-2H3,(H,16,17). The molecule has 2 aromatic heterocycles. The Hall–Kier alpha value is -2.23. The number of nitrogens with one attached hydrogen (secondary N) is 1. The minimum absolute atomic E-state index is 0.0493. The van der Waals surface area contributed by atoms with Gasteiger partial charge in [-0.05, 0) is 31.5 Å². The van der Waals surface area contributed by atoms with Crippen LogP contribution in [0.4, 0.5) is 0 Å². The van der Waals surface area contributed by atoms with Crippen LogP contribution in [0.1, 0.15) is 29.8 Å². The van der Waals surface area contributed by atoms with Crippen LogP contribution in [-0.2, 0) is 5.41 Å². The van der Waals surface area contributed by atoms with E-state index in [1.165, 1.54) is 12.3 Å². The van der Waals surface area contributed by atoms with Crippen molar-refractivity contribution in [3.63, 3.8) is 0 Å². The van der Waals surface area contributed by atoms with E-state index in [9.17, 15) is 9.59 Å². The van der Waals surface area contributed by atoms with Crippen LogP contribution in [0.2, 0.25) is 0 Å². The zero-order valence-corrected chi connectivity index (χ0v) is 10.3. The smallest absolute Gasteiger partial charge is 0.247 e. The first kappa shape index (κ1) is 12.2. The van der Waals surface area contributed by atoms with Gasteiger partial charge in [-0.25, -0.2) is 0 Å². The average Bonchev–Trinajstić information content (AvgIpc) is 2.40. The van der Waals surface area contributed by atoms with E-state index in [1.54, 1.807) is 24.5 Å². The minimum Gasteiger partial charge on any atom is -0.328 e. The van der Waals surface area contributed by atoms with E-state index in [2.05, 4.69) is 9.97 Å². The summed E-state index contributed by atoms with van der Waals surface area (Å²) in [5.74, 6) is -0.0493. The number of rotatable bonds is 3. The van der Waals surface area contributed by atoms with Gasteiger partial charge in [-0.2, -0.15) is 0 Å². The lowest BCUT2D eigenvalue weighted by atomic mass is 9.79. The highest BCUT2D eigenvalue weighted by molar-refractivity contribution is 6.03. The third-order valence-corrected chi connectivity index (χ3v) is 3.00. The van der Waals surface area contributed by atoms with Gasteiger partial charge in [0.25, 0.3) is 0 Å². The van der Waals surface area contributed by atoms with Crippen LogP contribution in [0.15, 0.2) is 47.7 Å². The van der Waals surface area contributed by atoms with Gasteiger partial charge in [0.05, 0.1) is 5.41 Å². The Labute approximate surface area is 105 Å². The molecule has 0 bridgehead atoms. The number of hydrogen-bond acceptors (Lipinski definition) is 3. The summed E-state index contributed by atoms with van der Waals surface area (Å²) in [6.07, 6.45) is 4.80. The zero-order chi connectivity index (χ0) is 13.2. The molecular formula is C14H14N2O2. The van der Waals surface area contributed by atoms with Crippen LogP contribution in [0.5, 0.6) is 0 Å². The van der Waals surface area contributed by atoms with Crippen molar-refractivity contribution in [1.29, 1.82) is 0 Å². The molecule has 4 heteroatoms. The van der Waals surface area contributed by atoms with Gasteiger partial charge < -0.3 is 4.98 Å². The molecule has 0 saturated carbocycles. The van der Waals surface area contributed by atoms with E-state index in [0.29, 0.717) is 5.56 Å². The molecule has 0 aliphatic rings. The van der Waals surface area contributed by atoms with Crippen LogP contribution in [-0.4, -0.2) is 15.8 Å². The van der Waals surface area contributed by atoms with Crippen LogP contribution < -0.4 is 5.56 Å². The molecule has 0 spiro atoms. The number of Topliss-reactive ketones (excluding diaryl/α,β-unsaturated/α-hetero) is 1. The average molecular weight is 242 g/mol. The fourth-order valence-corrected chi connectivity index (χ4v) is 1.78. The van der Waals surface area contributed by atoms with E-state index in [4.69, 9.17) is 0 Å². The van der Waals surface area contributed by atoms with Gasteiger partial charge in [0, 0.05) is 30.2 Å². The molecule has 18 heavy (non-hydrogen) atoms. The largest absolute Gasteiger partial charge is 0.328 e. The molecule has 0 aromatic carbocycles. The number of ketones is 1. The number of carbonyl (C=O) groups is 1. The molecule has 0 amide bonds. The fraction of sp³-hybridized carbons (Fsp3) is 0.214. The number of aromatic amines is 1. The number of hydrogen-bond donors (Lipinski definition) is 1.